The highest BCUT2D eigenvalue weighted by atomic mass is 16.2. The lowest BCUT2D eigenvalue weighted by atomic mass is 10.1. The second kappa shape index (κ2) is 10.2. The summed E-state index contributed by atoms with van der Waals surface area (Å²) in [5, 5.41) is 7.68. The summed E-state index contributed by atoms with van der Waals surface area (Å²) in [6.45, 7) is 10.9. The van der Waals surface area contributed by atoms with Crippen molar-refractivity contribution < 1.29 is 9.59 Å². The van der Waals surface area contributed by atoms with Crippen LogP contribution < -0.4 is 5.32 Å². The van der Waals surface area contributed by atoms with E-state index < -0.39 is 0 Å². The molecule has 1 aromatic heterocycles. The van der Waals surface area contributed by atoms with Crippen LogP contribution in [0.1, 0.15) is 28.1 Å². The Morgan fingerprint density at radius 3 is 2.26 bits per heavy atom. The van der Waals surface area contributed by atoms with Gasteiger partial charge in [-0.15, -0.1) is 0 Å². The molecule has 2 amide bonds. The third-order valence-corrected chi connectivity index (χ3v) is 6.53. The lowest BCUT2D eigenvalue weighted by Gasteiger charge is -2.34. The van der Waals surface area contributed by atoms with Crippen molar-refractivity contribution in [1.29, 1.82) is 0 Å². The normalized spacial score (nSPS) is 14.3. The first kappa shape index (κ1) is 23.7. The molecule has 1 N–H and O–H groups in total. The molecule has 178 valence electrons. The van der Waals surface area contributed by atoms with Crippen LogP contribution in [0.25, 0.3) is 5.69 Å². The van der Waals surface area contributed by atoms with Gasteiger partial charge in [-0.05, 0) is 51.0 Å². The molecule has 3 aromatic rings. The number of aryl methyl sites for hydroxylation is 3. The predicted octanol–water partition coefficient (Wildman–Crippen LogP) is 3.43. The second-order valence-electron chi connectivity index (χ2n) is 9.10. The quantitative estimate of drug-likeness (QED) is 0.613. The van der Waals surface area contributed by atoms with Crippen molar-refractivity contribution in [1.82, 2.24) is 19.6 Å². The number of amides is 2. The van der Waals surface area contributed by atoms with Gasteiger partial charge >= 0.3 is 0 Å². The maximum atomic E-state index is 12.8. The fourth-order valence-electron chi connectivity index (χ4n) is 4.38. The van der Waals surface area contributed by atoms with Gasteiger partial charge in [0.1, 0.15) is 0 Å². The van der Waals surface area contributed by atoms with Gasteiger partial charge in [-0.3, -0.25) is 14.5 Å². The maximum Gasteiger partial charge on any atom is 0.238 e. The first-order chi connectivity index (χ1) is 16.3. The number of rotatable bonds is 6. The molecule has 2 heterocycles. The molecule has 0 radical (unpaired) electrons. The van der Waals surface area contributed by atoms with Gasteiger partial charge in [0.2, 0.25) is 11.8 Å². The van der Waals surface area contributed by atoms with Crippen molar-refractivity contribution in [3.63, 3.8) is 0 Å². The van der Waals surface area contributed by atoms with E-state index in [1.807, 2.05) is 66.8 Å². The largest absolute Gasteiger partial charge is 0.340 e. The van der Waals surface area contributed by atoms with Gasteiger partial charge in [-0.1, -0.05) is 42.0 Å². The average molecular weight is 460 g/mol. The number of hydrogen-bond donors (Lipinski definition) is 1. The molecule has 0 aliphatic carbocycles. The van der Waals surface area contributed by atoms with E-state index in [1.165, 1.54) is 5.56 Å². The molecule has 7 heteroatoms. The molecule has 7 nitrogen and oxygen atoms in total. The average Bonchev–Trinajstić information content (AvgIpc) is 3.09. The third-order valence-electron chi connectivity index (χ3n) is 6.53. The predicted molar refractivity (Wildman–Crippen MR) is 134 cm³/mol. The highest BCUT2D eigenvalue weighted by Crippen LogP contribution is 2.23. The monoisotopic (exact) mass is 459 g/mol. The summed E-state index contributed by atoms with van der Waals surface area (Å²) in [5.41, 5.74) is 6.83. The van der Waals surface area contributed by atoms with Gasteiger partial charge in [0.15, 0.2) is 0 Å². The standard InChI is InChI=1S/C27H33N5O2/c1-19-9-11-24(12-10-19)32-22(4)27(21(3)29-32)28-25(33)18-30-13-15-31(16-14-30)26(34)17-23-8-6-5-7-20(23)2/h5-12H,13-18H2,1-4H3,(H,28,33). The number of anilines is 1. The van der Waals surface area contributed by atoms with Crippen LogP contribution >= 0.6 is 0 Å². The molecular formula is C27H33N5O2. The van der Waals surface area contributed by atoms with Crippen LogP contribution in [-0.4, -0.2) is 64.1 Å². The molecule has 0 spiro atoms. The zero-order valence-corrected chi connectivity index (χ0v) is 20.5. The van der Waals surface area contributed by atoms with Crippen molar-refractivity contribution in [3.8, 4) is 5.69 Å². The molecule has 1 fully saturated rings. The maximum absolute atomic E-state index is 12.8. The highest BCUT2D eigenvalue weighted by molar-refractivity contribution is 5.93. The smallest absolute Gasteiger partial charge is 0.238 e. The minimum Gasteiger partial charge on any atom is -0.340 e. The number of nitrogens with one attached hydrogen (secondary N) is 1. The Balaban J connectivity index is 1.30. The number of piperazine rings is 1. The van der Waals surface area contributed by atoms with E-state index in [0.717, 1.165) is 33.9 Å². The van der Waals surface area contributed by atoms with E-state index in [9.17, 15) is 9.59 Å². The molecule has 0 unspecified atom stereocenters. The Bertz CT molecular complexity index is 1170. The Morgan fingerprint density at radius 1 is 0.912 bits per heavy atom. The van der Waals surface area contributed by atoms with E-state index in [2.05, 4.69) is 34.4 Å². The van der Waals surface area contributed by atoms with E-state index >= 15 is 0 Å². The zero-order chi connectivity index (χ0) is 24.2. The van der Waals surface area contributed by atoms with Crippen molar-refractivity contribution in [3.05, 3.63) is 76.6 Å². The van der Waals surface area contributed by atoms with Gasteiger partial charge in [0.05, 0.1) is 35.7 Å². The molecule has 0 bridgehead atoms. The minimum atomic E-state index is -0.0608. The lowest BCUT2D eigenvalue weighted by molar-refractivity contribution is -0.132. The van der Waals surface area contributed by atoms with Gasteiger partial charge in [-0.25, -0.2) is 4.68 Å². The summed E-state index contributed by atoms with van der Waals surface area (Å²) in [4.78, 5) is 29.5. The lowest BCUT2D eigenvalue weighted by Crippen LogP contribution is -2.50. The van der Waals surface area contributed by atoms with Crippen LogP contribution in [-0.2, 0) is 16.0 Å². The van der Waals surface area contributed by atoms with Gasteiger partial charge in [0.25, 0.3) is 0 Å². The molecule has 1 saturated heterocycles. The fourth-order valence-corrected chi connectivity index (χ4v) is 4.38. The SMILES string of the molecule is Cc1ccc(-n2nc(C)c(NC(=O)CN3CCN(C(=O)Cc4ccccc4C)CC3)c2C)cc1. The van der Waals surface area contributed by atoms with Crippen molar-refractivity contribution in [2.24, 2.45) is 0 Å². The number of aromatic nitrogens is 2. The van der Waals surface area contributed by atoms with E-state index in [-0.39, 0.29) is 11.8 Å². The van der Waals surface area contributed by atoms with Crippen LogP contribution in [0.4, 0.5) is 5.69 Å². The third kappa shape index (κ3) is 5.37. The topological polar surface area (TPSA) is 70.5 Å². The number of benzene rings is 2. The van der Waals surface area contributed by atoms with Crippen LogP contribution in [0.5, 0.6) is 0 Å². The molecular weight excluding hydrogens is 426 g/mol. The Morgan fingerprint density at radius 2 is 1.59 bits per heavy atom. The van der Waals surface area contributed by atoms with Crippen molar-refractivity contribution >= 4 is 17.5 Å². The van der Waals surface area contributed by atoms with E-state index in [0.29, 0.717) is 39.1 Å². The van der Waals surface area contributed by atoms with Crippen molar-refractivity contribution in [2.45, 2.75) is 34.1 Å². The minimum absolute atomic E-state index is 0.0608. The van der Waals surface area contributed by atoms with E-state index in [4.69, 9.17) is 0 Å². The number of carbonyl (C=O) groups excluding carboxylic acids is 2. The summed E-state index contributed by atoms with van der Waals surface area (Å²) in [6.07, 6.45) is 0.427. The molecule has 1 aliphatic heterocycles. The summed E-state index contributed by atoms with van der Waals surface area (Å²) in [5.74, 6) is 0.0857. The zero-order valence-electron chi connectivity index (χ0n) is 20.5. The summed E-state index contributed by atoms with van der Waals surface area (Å²) in [6, 6.07) is 16.2. The van der Waals surface area contributed by atoms with E-state index in [1.54, 1.807) is 0 Å². The Labute approximate surface area is 201 Å². The van der Waals surface area contributed by atoms with Gasteiger partial charge in [-0.2, -0.15) is 5.10 Å². The summed E-state index contributed by atoms with van der Waals surface area (Å²) >= 11 is 0. The first-order valence-electron chi connectivity index (χ1n) is 11.8. The molecule has 0 saturated carbocycles. The molecule has 0 atom stereocenters. The van der Waals surface area contributed by atoms with Gasteiger partial charge < -0.3 is 10.2 Å². The second-order valence-corrected chi connectivity index (χ2v) is 9.10. The van der Waals surface area contributed by atoms with Crippen LogP contribution in [0.2, 0.25) is 0 Å². The number of hydrogen-bond acceptors (Lipinski definition) is 4. The molecule has 1 aliphatic rings. The molecule has 4 rings (SSSR count). The Kier molecular flexibility index (Phi) is 7.12. The first-order valence-corrected chi connectivity index (χ1v) is 11.8. The van der Waals surface area contributed by atoms with Crippen LogP contribution in [0.3, 0.4) is 0 Å². The fraction of sp³-hybridized carbons (Fsp3) is 0.370. The number of nitrogens with zero attached hydrogens (tertiary/aromatic N) is 4. The highest BCUT2D eigenvalue weighted by Gasteiger charge is 2.23. The van der Waals surface area contributed by atoms with Crippen LogP contribution in [0, 0.1) is 27.7 Å². The number of carbonyl (C=O) groups is 2. The van der Waals surface area contributed by atoms with Crippen LogP contribution in [0.15, 0.2) is 48.5 Å². The van der Waals surface area contributed by atoms with Gasteiger partial charge in [0, 0.05) is 26.2 Å². The summed E-state index contributed by atoms with van der Waals surface area (Å²) in [7, 11) is 0. The Hall–Kier alpha value is -3.45. The summed E-state index contributed by atoms with van der Waals surface area (Å²) < 4.78 is 1.86. The molecule has 2 aromatic carbocycles. The van der Waals surface area contributed by atoms with Crippen molar-refractivity contribution in [2.75, 3.05) is 38.0 Å². The molecule has 34 heavy (non-hydrogen) atoms.